The van der Waals surface area contributed by atoms with E-state index in [2.05, 4.69) is 38.7 Å². The number of aryl methyl sites for hydroxylation is 1. The summed E-state index contributed by atoms with van der Waals surface area (Å²) in [7, 11) is 0. The van der Waals surface area contributed by atoms with Crippen molar-refractivity contribution in [3.63, 3.8) is 0 Å². The van der Waals surface area contributed by atoms with Gasteiger partial charge in [-0.2, -0.15) is 0 Å². The monoisotopic (exact) mass is 423 g/mol. The van der Waals surface area contributed by atoms with E-state index in [4.69, 9.17) is 4.98 Å². The molecule has 1 aromatic carbocycles. The molecule has 158 valence electrons. The Morgan fingerprint density at radius 2 is 1.97 bits per heavy atom. The highest BCUT2D eigenvalue weighted by atomic mass is 32.2. The molecule has 3 heterocycles. The van der Waals surface area contributed by atoms with E-state index in [1.807, 2.05) is 12.1 Å². The van der Waals surface area contributed by atoms with Crippen molar-refractivity contribution in [2.24, 2.45) is 5.92 Å². The lowest BCUT2D eigenvalue weighted by molar-refractivity contribution is -0.134. The van der Waals surface area contributed by atoms with Gasteiger partial charge in [0.15, 0.2) is 5.65 Å². The van der Waals surface area contributed by atoms with Gasteiger partial charge < -0.3 is 9.47 Å². The second-order valence-corrected chi connectivity index (χ2v) is 9.51. The van der Waals surface area contributed by atoms with Gasteiger partial charge in [-0.3, -0.25) is 4.79 Å². The van der Waals surface area contributed by atoms with Gasteiger partial charge in [0, 0.05) is 24.5 Å². The largest absolute Gasteiger partial charge is 0.339 e. The maximum Gasteiger partial charge on any atom is 0.233 e. The lowest BCUT2D eigenvalue weighted by Crippen LogP contribution is -2.50. The molecule has 1 saturated heterocycles. The van der Waals surface area contributed by atoms with Crippen molar-refractivity contribution in [3.05, 3.63) is 24.3 Å². The normalized spacial score (nSPS) is 21.8. The zero-order valence-electron chi connectivity index (χ0n) is 17.6. The van der Waals surface area contributed by atoms with Crippen molar-refractivity contribution in [1.29, 1.82) is 0 Å². The number of piperidine rings is 1. The van der Waals surface area contributed by atoms with E-state index < -0.39 is 0 Å². The van der Waals surface area contributed by atoms with Gasteiger partial charge in [0.25, 0.3) is 0 Å². The lowest BCUT2D eigenvalue weighted by atomic mass is 9.78. The van der Waals surface area contributed by atoms with E-state index in [9.17, 15) is 4.79 Å². The van der Waals surface area contributed by atoms with Crippen LogP contribution in [0.3, 0.4) is 0 Å². The average molecular weight is 424 g/mol. The number of nitrogens with zero attached hydrogens (tertiary/aromatic N) is 5. The molecule has 0 bridgehead atoms. The zero-order chi connectivity index (χ0) is 20.5. The Balaban J connectivity index is 1.36. The van der Waals surface area contributed by atoms with Crippen LogP contribution < -0.4 is 0 Å². The SMILES string of the molecule is CCCn1c2ccccc2c2nnc(SCC(=O)N3CCCC4CCCCC43)nc21. The zero-order valence-corrected chi connectivity index (χ0v) is 18.4. The molecular weight excluding hydrogens is 394 g/mol. The number of thioether (sulfide) groups is 1. The Bertz CT molecular complexity index is 1060. The first-order valence-electron chi connectivity index (χ1n) is 11.3. The van der Waals surface area contributed by atoms with Crippen LogP contribution in [-0.2, 0) is 11.3 Å². The van der Waals surface area contributed by atoms with Crippen LogP contribution in [0.2, 0.25) is 0 Å². The molecule has 1 aliphatic carbocycles. The van der Waals surface area contributed by atoms with Crippen molar-refractivity contribution in [3.8, 4) is 0 Å². The standard InChI is InChI=1S/C23H29N5OS/c1-2-13-28-19-12-6-4-10-17(19)21-22(28)24-23(26-25-21)30-15-20(29)27-14-7-9-16-8-3-5-11-18(16)27/h4,6,10,12,16,18H,2-3,5,7-9,11,13-15H2,1H3. The molecule has 2 fully saturated rings. The summed E-state index contributed by atoms with van der Waals surface area (Å²) < 4.78 is 2.22. The molecule has 2 atom stereocenters. The first kappa shape index (κ1) is 19.8. The van der Waals surface area contributed by atoms with E-state index in [0.29, 0.717) is 22.9 Å². The number of fused-ring (bicyclic) bond motifs is 4. The first-order chi connectivity index (χ1) is 14.8. The van der Waals surface area contributed by atoms with Gasteiger partial charge in [0.1, 0.15) is 5.52 Å². The van der Waals surface area contributed by atoms with Gasteiger partial charge >= 0.3 is 0 Å². The minimum Gasteiger partial charge on any atom is -0.339 e. The maximum atomic E-state index is 13.0. The fourth-order valence-corrected chi connectivity index (χ4v) is 6.01. The number of rotatable bonds is 5. The van der Waals surface area contributed by atoms with Crippen LogP contribution in [0, 0.1) is 5.92 Å². The summed E-state index contributed by atoms with van der Waals surface area (Å²) in [5.74, 6) is 1.33. The molecule has 1 amide bonds. The molecule has 0 N–H and O–H groups in total. The van der Waals surface area contributed by atoms with Crippen molar-refractivity contribution in [2.75, 3.05) is 12.3 Å². The molecule has 1 saturated carbocycles. The van der Waals surface area contributed by atoms with E-state index in [1.165, 1.54) is 43.9 Å². The second-order valence-electron chi connectivity index (χ2n) is 8.57. The number of carbonyl (C=O) groups is 1. The third-order valence-electron chi connectivity index (χ3n) is 6.69. The molecule has 0 radical (unpaired) electrons. The van der Waals surface area contributed by atoms with Gasteiger partial charge in [-0.05, 0) is 44.1 Å². The van der Waals surface area contributed by atoms with Crippen molar-refractivity contribution >= 4 is 39.7 Å². The van der Waals surface area contributed by atoms with Crippen LogP contribution in [0.5, 0.6) is 0 Å². The molecule has 7 heteroatoms. The smallest absolute Gasteiger partial charge is 0.233 e. The van der Waals surface area contributed by atoms with Crippen LogP contribution in [-0.4, -0.2) is 48.9 Å². The van der Waals surface area contributed by atoms with E-state index in [0.717, 1.165) is 48.0 Å². The predicted molar refractivity (Wildman–Crippen MR) is 121 cm³/mol. The van der Waals surface area contributed by atoms with Gasteiger partial charge in [0.2, 0.25) is 11.1 Å². The number of amides is 1. The predicted octanol–water partition coefficient (Wildman–Crippen LogP) is 4.66. The third kappa shape index (κ3) is 3.57. The highest BCUT2D eigenvalue weighted by Crippen LogP contribution is 2.35. The fraction of sp³-hybridized carbons (Fsp3) is 0.565. The summed E-state index contributed by atoms with van der Waals surface area (Å²) in [6.45, 7) is 3.97. The van der Waals surface area contributed by atoms with E-state index in [-0.39, 0.29) is 5.91 Å². The Labute approximate surface area is 181 Å². The van der Waals surface area contributed by atoms with Gasteiger partial charge in [-0.1, -0.05) is 49.7 Å². The van der Waals surface area contributed by atoms with Gasteiger partial charge in [-0.25, -0.2) is 4.98 Å². The summed E-state index contributed by atoms with van der Waals surface area (Å²) >= 11 is 1.42. The Morgan fingerprint density at radius 3 is 2.87 bits per heavy atom. The Morgan fingerprint density at radius 1 is 1.13 bits per heavy atom. The second kappa shape index (κ2) is 8.53. The molecule has 2 aliphatic rings. The molecule has 5 rings (SSSR count). The van der Waals surface area contributed by atoms with Crippen LogP contribution in [0.4, 0.5) is 0 Å². The number of carbonyl (C=O) groups excluding carboxylic acids is 1. The summed E-state index contributed by atoms with van der Waals surface area (Å²) in [4.78, 5) is 20.0. The molecule has 2 aromatic heterocycles. The highest BCUT2D eigenvalue weighted by Gasteiger charge is 2.35. The van der Waals surface area contributed by atoms with Crippen LogP contribution in [0.1, 0.15) is 51.9 Å². The van der Waals surface area contributed by atoms with E-state index >= 15 is 0 Å². The summed E-state index contributed by atoms with van der Waals surface area (Å²) in [5.41, 5.74) is 2.86. The molecular formula is C23H29N5OS. The number of hydrogen-bond donors (Lipinski definition) is 0. The van der Waals surface area contributed by atoms with Crippen LogP contribution >= 0.6 is 11.8 Å². The van der Waals surface area contributed by atoms with Crippen LogP contribution in [0.15, 0.2) is 29.4 Å². The third-order valence-corrected chi connectivity index (χ3v) is 7.51. The number of para-hydroxylation sites is 1. The molecule has 1 aliphatic heterocycles. The van der Waals surface area contributed by atoms with Crippen molar-refractivity contribution < 1.29 is 4.79 Å². The topological polar surface area (TPSA) is 63.9 Å². The molecule has 0 spiro atoms. The minimum absolute atomic E-state index is 0.231. The summed E-state index contributed by atoms with van der Waals surface area (Å²) in [5, 5.41) is 10.5. The van der Waals surface area contributed by atoms with Crippen molar-refractivity contribution in [2.45, 2.75) is 69.6 Å². The summed E-state index contributed by atoms with van der Waals surface area (Å²) in [6.07, 6.45) is 8.48. The van der Waals surface area contributed by atoms with Crippen LogP contribution in [0.25, 0.3) is 22.1 Å². The molecule has 2 unspecified atom stereocenters. The number of hydrogen-bond acceptors (Lipinski definition) is 5. The number of benzene rings is 1. The molecule has 6 nitrogen and oxygen atoms in total. The highest BCUT2D eigenvalue weighted by molar-refractivity contribution is 7.99. The molecule has 30 heavy (non-hydrogen) atoms. The van der Waals surface area contributed by atoms with Gasteiger partial charge in [0.05, 0.1) is 11.3 Å². The maximum absolute atomic E-state index is 13.0. The molecule has 3 aromatic rings. The quantitative estimate of drug-likeness (QED) is 0.558. The number of aromatic nitrogens is 4. The summed E-state index contributed by atoms with van der Waals surface area (Å²) in [6, 6.07) is 8.72. The van der Waals surface area contributed by atoms with E-state index in [1.54, 1.807) is 0 Å². The Kier molecular flexibility index (Phi) is 5.63. The van der Waals surface area contributed by atoms with Gasteiger partial charge in [-0.15, -0.1) is 10.2 Å². The minimum atomic E-state index is 0.231. The lowest BCUT2D eigenvalue weighted by Gasteiger charge is -2.44. The number of likely N-dealkylation sites (tertiary alicyclic amines) is 1. The fourth-order valence-electron chi connectivity index (χ4n) is 5.34. The van der Waals surface area contributed by atoms with Crippen molar-refractivity contribution in [1.82, 2.24) is 24.6 Å². The first-order valence-corrected chi connectivity index (χ1v) is 12.3. The Hall–Kier alpha value is -2.15. The average Bonchev–Trinajstić information content (AvgIpc) is 3.10.